The first-order valence-electron chi connectivity index (χ1n) is 6.40. The van der Waals surface area contributed by atoms with Crippen LogP contribution in [0, 0.1) is 11.3 Å². The van der Waals surface area contributed by atoms with E-state index >= 15 is 0 Å². The van der Waals surface area contributed by atoms with Crippen molar-refractivity contribution < 1.29 is 0 Å². The summed E-state index contributed by atoms with van der Waals surface area (Å²) in [6.45, 7) is 4.88. The molecule has 3 atom stereocenters. The van der Waals surface area contributed by atoms with Gasteiger partial charge in [0.05, 0.1) is 0 Å². The van der Waals surface area contributed by atoms with Gasteiger partial charge in [0, 0.05) is 32.2 Å². The Kier molecular flexibility index (Phi) is 2.74. The summed E-state index contributed by atoms with van der Waals surface area (Å²) < 4.78 is 0. The summed E-state index contributed by atoms with van der Waals surface area (Å²) in [5, 5.41) is 3.45. The van der Waals surface area contributed by atoms with Crippen LogP contribution in [-0.2, 0) is 0 Å². The van der Waals surface area contributed by atoms with E-state index in [1.165, 1.54) is 51.9 Å². The van der Waals surface area contributed by atoms with E-state index < -0.39 is 0 Å². The molecule has 1 saturated heterocycles. The van der Waals surface area contributed by atoms with Crippen LogP contribution in [0.2, 0.25) is 0 Å². The molecule has 2 bridgehead atoms. The Morgan fingerprint density at radius 1 is 1.33 bits per heavy atom. The molecule has 0 amide bonds. The van der Waals surface area contributed by atoms with Gasteiger partial charge >= 0.3 is 0 Å². The van der Waals surface area contributed by atoms with E-state index in [-0.39, 0.29) is 0 Å². The molecule has 3 aliphatic rings. The molecular formula is C12H22N2S. The summed E-state index contributed by atoms with van der Waals surface area (Å²) in [6.07, 6.45) is 5.84. The summed E-state index contributed by atoms with van der Waals surface area (Å²) in [5.74, 6) is 2.13. The molecule has 0 aromatic rings. The van der Waals surface area contributed by atoms with Gasteiger partial charge in [0.1, 0.15) is 0 Å². The third kappa shape index (κ3) is 1.63. The second-order valence-corrected chi connectivity index (χ2v) is 5.98. The van der Waals surface area contributed by atoms with Crippen LogP contribution in [0.3, 0.4) is 0 Å². The van der Waals surface area contributed by atoms with Crippen molar-refractivity contribution in [2.45, 2.75) is 31.7 Å². The maximum Gasteiger partial charge on any atom is 0.0163 e. The molecule has 3 heteroatoms. The van der Waals surface area contributed by atoms with Crippen LogP contribution >= 0.6 is 12.6 Å². The van der Waals surface area contributed by atoms with E-state index in [1.54, 1.807) is 0 Å². The average Bonchev–Trinajstić information content (AvgIpc) is 2.88. The van der Waals surface area contributed by atoms with Crippen LogP contribution in [-0.4, -0.2) is 42.9 Å². The maximum absolute atomic E-state index is 4.64. The lowest BCUT2D eigenvalue weighted by Crippen LogP contribution is -2.53. The fourth-order valence-electron chi connectivity index (χ4n) is 4.12. The minimum absolute atomic E-state index is 0.588. The molecule has 2 saturated carbocycles. The van der Waals surface area contributed by atoms with Crippen LogP contribution in [0.5, 0.6) is 0 Å². The molecule has 3 fully saturated rings. The second-order valence-electron chi connectivity index (χ2n) is 5.67. The Hall–Kier alpha value is 0.270. The van der Waals surface area contributed by atoms with E-state index in [4.69, 9.17) is 0 Å². The third-order valence-corrected chi connectivity index (χ3v) is 5.55. The van der Waals surface area contributed by atoms with E-state index in [9.17, 15) is 0 Å². The van der Waals surface area contributed by atoms with E-state index in [0.717, 1.165) is 17.7 Å². The van der Waals surface area contributed by atoms with Gasteiger partial charge in [-0.1, -0.05) is 0 Å². The Morgan fingerprint density at radius 2 is 2.13 bits per heavy atom. The molecule has 3 unspecified atom stereocenters. The zero-order valence-corrected chi connectivity index (χ0v) is 10.3. The highest BCUT2D eigenvalue weighted by Crippen LogP contribution is 2.56. The molecular weight excluding hydrogens is 204 g/mol. The van der Waals surface area contributed by atoms with Crippen LogP contribution < -0.4 is 5.32 Å². The molecule has 86 valence electrons. The van der Waals surface area contributed by atoms with Crippen molar-refractivity contribution in [1.29, 1.82) is 0 Å². The van der Waals surface area contributed by atoms with Crippen LogP contribution in [0.15, 0.2) is 0 Å². The quantitative estimate of drug-likeness (QED) is 0.692. The molecule has 1 aliphatic heterocycles. The Morgan fingerprint density at radius 3 is 2.80 bits per heavy atom. The Labute approximate surface area is 98.2 Å². The summed E-state index contributed by atoms with van der Waals surface area (Å²) >= 11 is 4.64. The number of piperazine rings is 1. The van der Waals surface area contributed by atoms with Crippen molar-refractivity contribution in [3.63, 3.8) is 0 Å². The van der Waals surface area contributed by atoms with E-state index in [2.05, 4.69) is 22.8 Å². The van der Waals surface area contributed by atoms with Crippen molar-refractivity contribution in [2.24, 2.45) is 11.3 Å². The Bertz CT molecular complexity index is 240. The fourth-order valence-corrected chi connectivity index (χ4v) is 4.62. The second kappa shape index (κ2) is 3.94. The predicted octanol–water partition coefficient (Wildman–Crippen LogP) is 1.38. The number of hydrogen-bond acceptors (Lipinski definition) is 3. The predicted molar refractivity (Wildman–Crippen MR) is 66.5 cm³/mol. The first-order valence-corrected chi connectivity index (χ1v) is 7.03. The number of rotatable bonds is 2. The van der Waals surface area contributed by atoms with Crippen LogP contribution in [0.1, 0.15) is 25.7 Å². The summed E-state index contributed by atoms with van der Waals surface area (Å²) in [4.78, 5) is 2.74. The number of hydrogen-bond donors (Lipinski definition) is 2. The van der Waals surface area contributed by atoms with Gasteiger partial charge in [-0.15, -0.1) is 0 Å². The molecule has 1 heterocycles. The SMILES string of the molecule is SCC12CCC(CC1N1CCNCC1)C2. The van der Waals surface area contributed by atoms with Gasteiger partial charge in [-0.25, -0.2) is 0 Å². The van der Waals surface area contributed by atoms with E-state index in [0.29, 0.717) is 5.41 Å². The molecule has 0 radical (unpaired) electrons. The van der Waals surface area contributed by atoms with Gasteiger partial charge in [-0.2, -0.15) is 12.6 Å². The molecule has 0 spiro atoms. The molecule has 0 aromatic heterocycles. The lowest BCUT2D eigenvalue weighted by molar-refractivity contribution is 0.0798. The first kappa shape index (κ1) is 10.4. The van der Waals surface area contributed by atoms with Crippen molar-refractivity contribution in [3.8, 4) is 0 Å². The summed E-state index contributed by atoms with van der Waals surface area (Å²) in [5.41, 5.74) is 0.588. The minimum atomic E-state index is 0.588. The smallest absolute Gasteiger partial charge is 0.0163 e. The van der Waals surface area contributed by atoms with Gasteiger partial charge in [-0.05, 0) is 42.8 Å². The van der Waals surface area contributed by atoms with Crippen LogP contribution in [0.4, 0.5) is 0 Å². The highest BCUT2D eigenvalue weighted by molar-refractivity contribution is 7.80. The fraction of sp³-hybridized carbons (Fsp3) is 1.00. The minimum Gasteiger partial charge on any atom is -0.314 e. The highest BCUT2D eigenvalue weighted by Gasteiger charge is 2.52. The number of nitrogens with zero attached hydrogens (tertiary/aromatic N) is 1. The lowest BCUT2D eigenvalue weighted by Gasteiger charge is -2.43. The third-order valence-electron chi connectivity index (χ3n) is 4.92. The van der Waals surface area contributed by atoms with Gasteiger partial charge in [0.25, 0.3) is 0 Å². The van der Waals surface area contributed by atoms with Gasteiger partial charge in [0.15, 0.2) is 0 Å². The van der Waals surface area contributed by atoms with Crippen molar-refractivity contribution in [1.82, 2.24) is 10.2 Å². The molecule has 2 aliphatic carbocycles. The van der Waals surface area contributed by atoms with E-state index in [1.807, 2.05) is 0 Å². The molecule has 3 rings (SSSR count). The standard InChI is InChI=1S/C12H22N2S/c15-9-12-2-1-10(8-12)7-11(12)14-5-3-13-4-6-14/h10-11,13,15H,1-9H2. The lowest BCUT2D eigenvalue weighted by atomic mass is 9.80. The van der Waals surface area contributed by atoms with Crippen LogP contribution in [0.25, 0.3) is 0 Å². The summed E-state index contributed by atoms with van der Waals surface area (Å²) in [7, 11) is 0. The normalized spacial score (nSPS) is 46.2. The average molecular weight is 226 g/mol. The maximum atomic E-state index is 4.64. The zero-order valence-electron chi connectivity index (χ0n) is 9.41. The molecule has 2 nitrogen and oxygen atoms in total. The molecule has 15 heavy (non-hydrogen) atoms. The summed E-state index contributed by atoms with van der Waals surface area (Å²) in [6, 6.07) is 0.857. The number of fused-ring (bicyclic) bond motifs is 2. The highest BCUT2D eigenvalue weighted by atomic mass is 32.1. The number of thiol groups is 1. The first-order chi connectivity index (χ1) is 7.34. The van der Waals surface area contributed by atoms with Gasteiger partial charge < -0.3 is 5.32 Å². The zero-order chi connectivity index (χ0) is 10.3. The monoisotopic (exact) mass is 226 g/mol. The van der Waals surface area contributed by atoms with Crippen molar-refractivity contribution in [2.75, 3.05) is 31.9 Å². The largest absolute Gasteiger partial charge is 0.314 e. The number of nitrogens with one attached hydrogen (secondary N) is 1. The van der Waals surface area contributed by atoms with Crippen molar-refractivity contribution in [3.05, 3.63) is 0 Å². The van der Waals surface area contributed by atoms with Crippen molar-refractivity contribution >= 4 is 12.6 Å². The van der Waals surface area contributed by atoms with Gasteiger partial charge in [0.2, 0.25) is 0 Å². The molecule has 1 N–H and O–H groups in total. The molecule has 0 aromatic carbocycles. The Balaban J connectivity index is 1.75. The van der Waals surface area contributed by atoms with Gasteiger partial charge in [-0.3, -0.25) is 4.90 Å². The topological polar surface area (TPSA) is 15.3 Å².